The summed E-state index contributed by atoms with van der Waals surface area (Å²) < 4.78 is 2.75. The smallest absolute Gasteiger partial charge is 0.255 e. The molecule has 1 aromatic heterocycles. The van der Waals surface area contributed by atoms with Crippen LogP contribution in [0.15, 0.2) is 30.5 Å². The van der Waals surface area contributed by atoms with Gasteiger partial charge >= 0.3 is 0 Å². The van der Waals surface area contributed by atoms with Crippen LogP contribution >= 0.6 is 34.2 Å². The molecule has 0 radical (unpaired) electrons. The van der Waals surface area contributed by atoms with Crippen molar-refractivity contribution in [3.63, 3.8) is 0 Å². The van der Waals surface area contributed by atoms with Crippen LogP contribution in [0.5, 0.6) is 0 Å². The Hall–Kier alpha value is -1.08. The van der Waals surface area contributed by atoms with Gasteiger partial charge in [-0.3, -0.25) is 9.48 Å². The minimum atomic E-state index is -0.0186. The van der Waals surface area contributed by atoms with E-state index in [0.717, 1.165) is 15.8 Å². The summed E-state index contributed by atoms with van der Waals surface area (Å²) in [4.78, 5) is 14.1. The number of aromatic nitrogens is 2. The lowest BCUT2D eigenvalue weighted by Crippen LogP contribution is -2.28. The van der Waals surface area contributed by atoms with Crippen LogP contribution in [0.25, 0.3) is 0 Å². The molecule has 1 aromatic carbocycles. The standard InChI is InChI=1S/C14H15ClIN3O/c1-3-19-13(11(15)8-17-19)9-18(2)14(20)10-6-4-5-7-12(10)16/h4-8H,3,9H2,1-2H3. The predicted molar refractivity (Wildman–Crippen MR) is 87.9 cm³/mol. The van der Waals surface area contributed by atoms with Gasteiger partial charge in [-0.25, -0.2) is 0 Å². The summed E-state index contributed by atoms with van der Waals surface area (Å²) in [5, 5.41) is 4.77. The van der Waals surface area contributed by atoms with Gasteiger partial charge in [0.25, 0.3) is 5.91 Å². The average molecular weight is 404 g/mol. The molecule has 0 aliphatic carbocycles. The van der Waals surface area contributed by atoms with Gasteiger partial charge in [0, 0.05) is 17.2 Å². The van der Waals surface area contributed by atoms with Gasteiger partial charge in [0.2, 0.25) is 0 Å². The van der Waals surface area contributed by atoms with Crippen LogP contribution < -0.4 is 0 Å². The van der Waals surface area contributed by atoms with E-state index in [1.807, 2.05) is 35.9 Å². The van der Waals surface area contributed by atoms with E-state index in [9.17, 15) is 4.79 Å². The second-order valence-corrected chi connectivity index (χ2v) is 5.97. The molecule has 20 heavy (non-hydrogen) atoms. The summed E-state index contributed by atoms with van der Waals surface area (Å²) in [6.45, 7) is 3.16. The number of amides is 1. The van der Waals surface area contributed by atoms with Crippen LogP contribution in [0.4, 0.5) is 0 Å². The third kappa shape index (κ3) is 3.15. The molecule has 0 unspecified atom stereocenters. The highest BCUT2D eigenvalue weighted by Crippen LogP contribution is 2.19. The van der Waals surface area contributed by atoms with Crippen molar-refractivity contribution in [2.45, 2.75) is 20.0 Å². The number of aryl methyl sites for hydroxylation is 1. The van der Waals surface area contributed by atoms with Crippen LogP contribution in [0.2, 0.25) is 5.02 Å². The molecule has 106 valence electrons. The predicted octanol–water partition coefficient (Wildman–Crippen LogP) is 3.43. The van der Waals surface area contributed by atoms with E-state index < -0.39 is 0 Å². The summed E-state index contributed by atoms with van der Waals surface area (Å²) in [7, 11) is 1.77. The van der Waals surface area contributed by atoms with Crippen LogP contribution in [0.3, 0.4) is 0 Å². The fourth-order valence-electron chi connectivity index (χ4n) is 1.95. The molecule has 0 saturated heterocycles. The molecule has 1 amide bonds. The first-order chi connectivity index (χ1) is 9.54. The fourth-order valence-corrected chi connectivity index (χ4v) is 2.77. The third-order valence-electron chi connectivity index (χ3n) is 3.04. The molecule has 0 spiro atoms. The molecule has 0 saturated carbocycles. The summed E-state index contributed by atoms with van der Waals surface area (Å²) in [6, 6.07) is 7.54. The van der Waals surface area contributed by atoms with Gasteiger partial charge in [-0.2, -0.15) is 5.10 Å². The van der Waals surface area contributed by atoms with Gasteiger partial charge in [-0.1, -0.05) is 23.7 Å². The molecule has 0 fully saturated rings. The molecule has 1 heterocycles. The number of benzene rings is 1. The Bertz CT molecular complexity index is 627. The minimum Gasteiger partial charge on any atom is -0.336 e. The van der Waals surface area contributed by atoms with Gasteiger partial charge in [-0.15, -0.1) is 0 Å². The maximum absolute atomic E-state index is 12.5. The van der Waals surface area contributed by atoms with Crippen LogP contribution in [-0.2, 0) is 13.1 Å². The maximum Gasteiger partial charge on any atom is 0.255 e. The summed E-state index contributed by atoms with van der Waals surface area (Å²) >= 11 is 8.30. The Morgan fingerprint density at radius 3 is 2.80 bits per heavy atom. The zero-order chi connectivity index (χ0) is 14.7. The second kappa shape index (κ2) is 6.58. The lowest BCUT2D eigenvalue weighted by Gasteiger charge is -2.18. The van der Waals surface area contributed by atoms with Crippen LogP contribution in [-0.4, -0.2) is 27.6 Å². The molecule has 4 nitrogen and oxygen atoms in total. The van der Waals surface area contributed by atoms with Crippen molar-refractivity contribution < 1.29 is 4.79 Å². The topological polar surface area (TPSA) is 38.1 Å². The molecule has 0 bridgehead atoms. The Kier molecular flexibility index (Phi) is 5.04. The summed E-state index contributed by atoms with van der Waals surface area (Å²) in [5.41, 5.74) is 1.56. The van der Waals surface area contributed by atoms with Gasteiger partial charge < -0.3 is 4.90 Å². The van der Waals surface area contributed by atoms with Crippen LogP contribution in [0, 0.1) is 3.57 Å². The molecular weight excluding hydrogens is 389 g/mol. The minimum absolute atomic E-state index is 0.0186. The van der Waals surface area contributed by atoms with Crippen molar-refractivity contribution in [3.05, 3.63) is 50.3 Å². The van der Waals surface area contributed by atoms with Crippen LogP contribution in [0.1, 0.15) is 23.0 Å². The van der Waals surface area contributed by atoms with Crippen molar-refractivity contribution in [2.75, 3.05) is 7.05 Å². The van der Waals surface area contributed by atoms with E-state index in [0.29, 0.717) is 17.1 Å². The van der Waals surface area contributed by atoms with Gasteiger partial charge in [0.15, 0.2) is 0 Å². The number of hydrogen-bond donors (Lipinski definition) is 0. The highest BCUT2D eigenvalue weighted by Gasteiger charge is 2.17. The zero-order valence-electron chi connectivity index (χ0n) is 11.3. The third-order valence-corrected chi connectivity index (χ3v) is 4.29. The SMILES string of the molecule is CCn1ncc(Cl)c1CN(C)C(=O)c1ccccc1I. The molecular formula is C14H15ClIN3O. The average Bonchev–Trinajstić information content (AvgIpc) is 2.79. The monoisotopic (exact) mass is 403 g/mol. The Morgan fingerprint density at radius 1 is 1.45 bits per heavy atom. The molecule has 0 N–H and O–H groups in total. The van der Waals surface area contributed by atoms with E-state index in [4.69, 9.17) is 11.6 Å². The summed E-state index contributed by atoms with van der Waals surface area (Å²) in [5.74, 6) is -0.0186. The highest BCUT2D eigenvalue weighted by molar-refractivity contribution is 14.1. The first-order valence-corrected chi connectivity index (χ1v) is 7.70. The van der Waals surface area contributed by atoms with Crippen molar-refractivity contribution in [1.29, 1.82) is 0 Å². The van der Waals surface area contributed by atoms with Crippen molar-refractivity contribution in [2.24, 2.45) is 0 Å². The molecule has 6 heteroatoms. The van der Waals surface area contributed by atoms with E-state index >= 15 is 0 Å². The second-order valence-electron chi connectivity index (χ2n) is 4.40. The number of carbonyl (C=O) groups is 1. The van der Waals surface area contributed by atoms with E-state index in [-0.39, 0.29) is 5.91 Å². The molecule has 0 aliphatic rings. The fraction of sp³-hybridized carbons (Fsp3) is 0.286. The van der Waals surface area contributed by atoms with Crippen molar-refractivity contribution in [3.8, 4) is 0 Å². The quantitative estimate of drug-likeness (QED) is 0.734. The summed E-state index contributed by atoms with van der Waals surface area (Å²) in [6.07, 6.45) is 1.62. The first-order valence-electron chi connectivity index (χ1n) is 6.24. The van der Waals surface area contributed by atoms with Crippen molar-refractivity contribution in [1.82, 2.24) is 14.7 Å². The van der Waals surface area contributed by atoms with Gasteiger partial charge in [-0.05, 0) is 41.6 Å². The van der Waals surface area contributed by atoms with Crippen molar-refractivity contribution >= 4 is 40.1 Å². The number of halogens is 2. The number of carbonyl (C=O) groups excluding carboxylic acids is 1. The molecule has 2 rings (SSSR count). The molecule has 0 atom stereocenters. The Balaban J connectivity index is 2.20. The first kappa shape index (κ1) is 15.3. The zero-order valence-corrected chi connectivity index (χ0v) is 14.2. The van der Waals surface area contributed by atoms with E-state index in [1.54, 1.807) is 18.1 Å². The number of nitrogens with zero attached hydrogens (tertiary/aromatic N) is 3. The highest BCUT2D eigenvalue weighted by atomic mass is 127. The number of rotatable bonds is 4. The van der Waals surface area contributed by atoms with Gasteiger partial charge in [0.1, 0.15) is 0 Å². The molecule has 2 aromatic rings. The largest absolute Gasteiger partial charge is 0.336 e. The Morgan fingerprint density at radius 2 is 2.15 bits per heavy atom. The van der Waals surface area contributed by atoms with E-state index in [2.05, 4.69) is 27.7 Å². The Labute approximate surface area is 136 Å². The number of hydrogen-bond acceptors (Lipinski definition) is 2. The molecule has 0 aliphatic heterocycles. The van der Waals surface area contributed by atoms with Gasteiger partial charge in [0.05, 0.1) is 29.0 Å². The lowest BCUT2D eigenvalue weighted by molar-refractivity contribution is 0.0780. The normalized spacial score (nSPS) is 10.6. The van der Waals surface area contributed by atoms with E-state index in [1.165, 1.54) is 0 Å². The lowest BCUT2D eigenvalue weighted by atomic mass is 10.2. The maximum atomic E-state index is 12.5.